The van der Waals surface area contributed by atoms with E-state index < -0.39 is 40.9 Å². The number of halogens is 3. The van der Waals surface area contributed by atoms with Gasteiger partial charge in [0, 0.05) is 0 Å². The predicted octanol–water partition coefficient (Wildman–Crippen LogP) is 1.78. The highest BCUT2D eigenvalue weighted by molar-refractivity contribution is 9.10. The van der Waals surface area contributed by atoms with Crippen LogP contribution in [0.25, 0.3) is 0 Å². The normalized spacial score (nSPS) is 12.7. The molecule has 0 amide bonds. The second-order valence-electron chi connectivity index (χ2n) is 3.13. The highest BCUT2D eigenvalue weighted by atomic mass is 79.9. The molecule has 0 radical (unpaired) electrons. The zero-order chi connectivity index (χ0) is 14.0. The number of sulfonamides is 1. The van der Waals surface area contributed by atoms with E-state index in [1.807, 2.05) is 4.72 Å². The summed E-state index contributed by atoms with van der Waals surface area (Å²) in [5.74, 6) is -3.62. The highest BCUT2D eigenvalue weighted by Crippen LogP contribution is 2.26. The zero-order valence-electron chi connectivity index (χ0n) is 8.68. The van der Waals surface area contributed by atoms with Crippen molar-refractivity contribution in [1.29, 1.82) is 0 Å². The molecule has 102 valence electrons. The molecule has 0 fully saturated rings. The van der Waals surface area contributed by atoms with Gasteiger partial charge in [0.15, 0.2) is 0 Å². The van der Waals surface area contributed by atoms with Crippen molar-refractivity contribution in [2.24, 2.45) is 0 Å². The number of anilines is 1. The average molecular weight is 364 g/mol. The molecule has 0 aliphatic carbocycles. The number of hydrogen-bond donors (Lipinski definition) is 1. The quantitative estimate of drug-likeness (QED) is 0.808. The van der Waals surface area contributed by atoms with Crippen LogP contribution in [-0.2, 0) is 19.9 Å². The van der Waals surface area contributed by atoms with Crippen molar-refractivity contribution in [1.82, 2.24) is 0 Å². The third-order valence-electron chi connectivity index (χ3n) is 1.84. The van der Waals surface area contributed by atoms with E-state index in [2.05, 4.69) is 15.9 Å². The van der Waals surface area contributed by atoms with E-state index in [9.17, 15) is 25.6 Å². The number of benzene rings is 1. The standard InChI is InChI=1S/C8H8BrF2NO4S2/c9-5-17(13,14)12-6-3-1-2-4-7(6)18(15,16)8(10)11/h1-4,8,12H,5H2. The Labute approximate surface area is 111 Å². The highest BCUT2D eigenvalue weighted by Gasteiger charge is 2.29. The summed E-state index contributed by atoms with van der Waals surface area (Å²) in [5.41, 5.74) is -0.405. The first-order valence-electron chi connectivity index (χ1n) is 4.38. The Hall–Kier alpha value is -0.740. The minimum absolute atomic E-state index is 0.405. The van der Waals surface area contributed by atoms with Gasteiger partial charge < -0.3 is 0 Å². The molecule has 1 rings (SSSR count). The summed E-state index contributed by atoms with van der Waals surface area (Å²) in [6.45, 7) is 0. The molecule has 18 heavy (non-hydrogen) atoms. The summed E-state index contributed by atoms with van der Waals surface area (Å²) in [6, 6.07) is 4.56. The Morgan fingerprint density at radius 2 is 1.72 bits per heavy atom. The van der Waals surface area contributed by atoms with Gasteiger partial charge >= 0.3 is 5.76 Å². The smallest absolute Gasteiger partial charge is 0.282 e. The van der Waals surface area contributed by atoms with Crippen LogP contribution in [0, 0.1) is 0 Å². The Balaban J connectivity index is 3.33. The lowest BCUT2D eigenvalue weighted by Crippen LogP contribution is -2.18. The van der Waals surface area contributed by atoms with Gasteiger partial charge in [0.25, 0.3) is 0 Å². The lowest BCUT2D eigenvalue weighted by Gasteiger charge is -2.11. The van der Waals surface area contributed by atoms with Crippen LogP contribution in [0.2, 0.25) is 0 Å². The number of rotatable bonds is 5. The van der Waals surface area contributed by atoms with E-state index in [0.717, 1.165) is 12.1 Å². The Morgan fingerprint density at radius 3 is 2.22 bits per heavy atom. The number of nitrogens with one attached hydrogen (secondary N) is 1. The van der Waals surface area contributed by atoms with Gasteiger partial charge in [-0.05, 0) is 12.1 Å². The van der Waals surface area contributed by atoms with Crippen LogP contribution in [-0.4, -0.2) is 27.3 Å². The third kappa shape index (κ3) is 3.39. The molecule has 0 bridgehead atoms. The van der Waals surface area contributed by atoms with Gasteiger partial charge in [-0.25, -0.2) is 16.8 Å². The molecule has 0 saturated heterocycles. The van der Waals surface area contributed by atoms with Gasteiger partial charge in [-0.3, -0.25) is 4.72 Å². The van der Waals surface area contributed by atoms with E-state index >= 15 is 0 Å². The molecule has 10 heteroatoms. The zero-order valence-corrected chi connectivity index (χ0v) is 11.9. The molecule has 0 spiro atoms. The number of alkyl halides is 3. The molecule has 0 atom stereocenters. The molecular weight excluding hydrogens is 356 g/mol. The molecule has 0 heterocycles. The van der Waals surface area contributed by atoms with Crippen molar-refractivity contribution in [3.63, 3.8) is 0 Å². The summed E-state index contributed by atoms with van der Waals surface area (Å²) in [7, 11) is -8.69. The largest absolute Gasteiger partial charge is 0.341 e. The van der Waals surface area contributed by atoms with Crippen molar-refractivity contribution < 1.29 is 25.6 Å². The van der Waals surface area contributed by atoms with Crippen molar-refractivity contribution in [3.8, 4) is 0 Å². The lowest BCUT2D eigenvalue weighted by atomic mass is 10.3. The topological polar surface area (TPSA) is 80.3 Å². The SMILES string of the molecule is O=S(=O)(CBr)Nc1ccccc1S(=O)(=O)C(F)F. The summed E-state index contributed by atoms with van der Waals surface area (Å²) >= 11 is 2.68. The molecule has 0 unspecified atom stereocenters. The fourth-order valence-corrected chi connectivity index (χ4v) is 2.95. The minimum atomic E-state index is -4.86. The summed E-state index contributed by atoms with van der Waals surface area (Å²) < 4.78 is 71.5. The van der Waals surface area contributed by atoms with Gasteiger partial charge in [-0.2, -0.15) is 8.78 Å². The molecular formula is C8H8BrF2NO4S2. The van der Waals surface area contributed by atoms with Gasteiger partial charge in [0.2, 0.25) is 19.9 Å². The van der Waals surface area contributed by atoms with E-state index in [0.29, 0.717) is 0 Å². The fourth-order valence-electron chi connectivity index (χ4n) is 1.09. The van der Waals surface area contributed by atoms with E-state index in [4.69, 9.17) is 0 Å². The fraction of sp³-hybridized carbons (Fsp3) is 0.250. The molecule has 0 saturated carbocycles. The first-order valence-corrected chi connectivity index (χ1v) is 8.70. The number of hydrogen-bond acceptors (Lipinski definition) is 4. The van der Waals surface area contributed by atoms with E-state index in [1.54, 1.807) is 0 Å². The summed E-state index contributed by atoms with van der Waals surface area (Å²) in [6.07, 6.45) is 0. The predicted molar refractivity (Wildman–Crippen MR) is 66.0 cm³/mol. The van der Waals surface area contributed by atoms with Gasteiger partial charge in [0.1, 0.15) is 4.66 Å². The Kier molecular flexibility index (Phi) is 4.67. The second kappa shape index (κ2) is 5.49. The maximum absolute atomic E-state index is 12.4. The molecule has 0 aromatic heterocycles. The van der Waals surface area contributed by atoms with Crippen LogP contribution in [0.5, 0.6) is 0 Å². The minimum Gasteiger partial charge on any atom is -0.282 e. The summed E-state index contributed by atoms with van der Waals surface area (Å²) in [4.78, 5) is -0.760. The first-order chi connectivity index (χ1) is 8.20. The average Bonchev–Trinajstić information content (AvgIpc) is 2.29. The molecule has 0 aliphatic heterocycles. The van der Waals surface area contributed by atoms with Crippen LogP contribution >= 0.6 is 15.9 Å². The maximum atomic E-state index is 12.4. The van der Waals surface area contributed by atoms with E-state index in [1.165, 1.54) is 12.1 Å². The lowest BCUT2D eigenvalue weighted by molar-refractivity contribution is 0.235. The van der Waals surface area contributed by atoms with E-state index in [-0.39, 0.29) is 0 Å². The molecule has 0 aliphatic rings. The van der Waals surface area contributed by atoms with Crippen molar-refractivity contribution in [2.45, 2.75) is 10.7 Å². The molecule has 1 N–H and O–H groups in total. The molecule has 1 aromatic rings. The van der Waals surface area contributed by atoms with Gasteiger partial charge in [-0.15, -0.1) is 0 Å². The van der Waals surface area contributed by atoms with Crippen LogP contribution in [0.3, 0.4) is 0 Å². The van der Waals surface area contributed by atoms with Crippen molar-refractivity contribution in [3.05, 3.63) is 24.3 Å². The monoisotopic (exact) mass is 363 g/mol. The molecule has 1 aromatic carbocycles. The van der Waals surface area contributed by atoms with Crippen LogP contribution < -0.4 is 4.72 Å². The van der Waals surface area contributed by atoms with Crippen LogP contribution in [0.4, 0.5) is 14.5 Å². The third-order valence-corrected chi connectivity index (χ3v) is 5.90. The Bertz CT molecular complexity index is 630. The van der Waals surface area contributed by atoms with Gasteiger partial charge in [-0.1, -0.05) is 28.1 Å². The first kappa shape index (κ1) is 15.3. The van der Waals surface area contributed by atoms with Crippen LogP contribution in [0.1, 0.15) is 0 Å². The number of sulfone groups is 1. The van der Waals surface area contributed by atoms with Crippen LogP contribution in [0.15, 0.2) is 29.2 Å². The Morgan fingerprint density at radius 1 is 1.17 bits per heavy atom. The maximum Gasteiger partial charge on any atom is 0.341 e. The molecule has 5 nitrogen and oxygen atoms in total. The van der Waals surface area contributed by atoms with Gasteiger partial charge in [0.05, 0.1) is 10.6 Å². The van der Waals surface area contributed by atoms with Crippen molar-refractivity contribution in [2.75, 3.05) is 9.38 Å². The summed E-state index contributed by atoms with van der Waals surface area (Å²) in [5, 5.41) is 0. The van der Waals surface area contributed by atoms with Crippen molar-refractivity contribution >= 4 is 41.5 Å². The second-order valence-corrected chi connectivity index (χ2v) is 8.04. The number of para-hydroxylation sites is 1.